The van der Waals surface area contributed by atoms with Crippen molar-refractivity contribution in [3.8, 4) is 0 Å². The molecule has 1 aliphatic rings. The number of aliphatic hydroxyl groups is 1. The van der Waals surface area contributed by atoms with Gasteiger partial charge in [0.2, 0.25) is 0 Å². The SMILES string of the molecule is Nc1ccc2[nH]c(C(=O)NC3(CO)CCC3)cc2c1. The van der Waals surface area contributed by atoms with E-state index in [0.29, 0.717) is 11.4 Å². The Labute approximate surface area is 110 Å². The number of H-pyrrole nitrogens is 1. The molecule has 1 saturated carbocycles. The van der Waals surface area contributed by atoms with Crippen LogP contribution in [0.15, 0.2) is 24.3 Å². The number of amides is 1. The van der Waals surface area contributed by atoms with E-state index >= 15 is 0 Å². The number of nitrogens with one attached hydrogen (secondary N) is 2. The summed E-state index contributed by atoms with van der Waals surface area (Å²) in [7, 11) is 0. The molecule has 1 aromatic carbocycles. The quantitative estimate of drug-likeness (QED) is 0.628. The molecule has 0 atom stereocenters. The fourth-order valence-corrected chi connectivity index (χ4v) is 2.51. The minimum absolute atomic E-state index is 0.00802. The van der Waals surface area contributed by atoms with Gasteiger partial charge in [0.1, 0.15) is 5.69 Å². The number of benzene rings is 1. The molecule has 0 saturated heterocycles. The lowest BCUT2D eigenvalue weighted by Crippen LogP contribution is -2.56. The summed E-state index contributed by atoms with van der Waals surface area (Å²) in [5.41, 5.74) is 7.34. The number of nitrogen functional groups attached to an aromatic ring is 1. The number of nitrogens with two attached hydrogens (primary N) is 1. The topological polar surface area (TPSA) is 91.1 Å². The Kier molecular flexibility index (Phi) is 2.71. The van der Waals surface area contributed by atoms with Gasteiger partial charge in [-0.2, -0.15) is 0 Å². The highest BCUT2D eigenvalue weighted by Crippen LogP contribution is 2.31. The van der Waals surface area contributed by atoms with Crippen LogP contribution in [0.4, 0.5) is 5.69 Å². The highest BCUT2D eigenvalue weighted by molar-refractivity contribution is 5.99. The van der Waals surface area contributed by atoms with Crippen molar-refractivity contribution in [2.75, 3.05) is 12.3 Å². The van der Waals surface area contributed by atoms with Gasteiger partial charge in [-0.15, -0.1) is 0 Å². The molecule has 5 N–H and O–H groups in total. The van der Waals surface area contributed by atoms with Gasteiger partial charge in [0, 0.05) is 16.6 Å². The van der Waals surface area contributed by atoms with Crippen LogP contribution in [0.25, 0.3) is 10.9 Å². The molecule has 1 amide bonds. The molecule has 0 aliphatic heterocycles. The highest BCUT2D eigenvalue weighted by Gasteiger charge is 2.38. The third-order valence-electron chi connectivity index (χ3n) is 3.88. The molecule has 5 heteroatoms. The normalized spacial score (nSPS) is 17.1. The summed E-state index contributed by atoms with van der Waals surface area (Å²) < 4.78 is 0. The van der Waals surface area contributed by atoms with Crippen LogP contribution in [-0.4, -0.2) is 28.1 Å². The Balaban J connectivity index is 1.85. The molecule has 1 heterocycles. The summed E-state index contributed by atoms with van der Waals surface area (Å²) in [6, 6.07) is 7.26. The average Bonchev–Trinajstić information content (AvgIpc) is 2.76. The maximum absolute atomic E-state index is 12.2. The van der Waals surface area contributed by atoms with Gasteiger partial charge in [-0.05, 0) is 43.5 Å². The predicted octanol–water partition coefficient (Wildman–Crippen LogP) is 1.39. The summed E-state index contributed by atoms with van der Waals surface area (Å²) in [5, 5.41) is 13.2. The number of carbonyl (C=O) groups is 1. The molecule has 0 spiro atoms. The fourth-order valence-electron chi connectivity index (χ4n) is 2.51. The van der Waals surface area contributed by atoms with Crippen molar-refractivity contribution in [3.05, 3.63) is 30.0 Å². The molecule has 0 bridgehead atoms. The lowest BCUT2D eigenvalue weighted by molar-refractivity contribution is 0.0638. The molecule has 5 nitrogen and oxygen atoms in total. The van der Waals surface area contributed by atoms with Crippen molar-refractivity contribution in [2.24, 2.45) is 0 Å². The second-order valence-electron chi connectivity index (χ2n) is 5.28. The standard InChI is InChI=1S/C14H17N3O2/c15-10-2-3-11-9(6-10)7-12(16-11)13(19)17-14(8-18)4-1-5-14/h2-3,6-7,16,18H,1,4-5,8,15H2,(H,17,19). The van der Waals surface area contributed by atoms with Gasteiger partial charge in [0.05, 0.1) is 12.1 Å². The van der Waals surface area contributed by atoms with Crippen molar-refractivity contribution < 1.29 is 9.90 Å². The van der Waals surface area contributed by atoms with E-state index in [2.05, 4.69) is 10.3 Å². The number of carbonyl (C=O) groups excluding carboxylic acids is 1. The zero-order valence-corrected chi connectivity index (χ0v) is 10.6. The number of hydrogen-bond acceptors (Lipinski definition) is 3. The zero-order chi connectivity index (χ0) is 13.5. The van der Waals surface area contributed by atoms with Crippen LogP contribution in [0.5, 0.6) is 0 Å². The number of rotatable bonds is 3. The molecule has 100 valence electrons. The molecule has 1 aliphatic carbocycles. The number of hydrogen-bond donors (Lipinski definition) is 4. The van der Waals surface area contributed by atoms with Gasteiger partial charge >= 0.3 is 0 Å². The first-order valence-corrected chi connectivity index (χ1v) is 6.44. The molecule has 3 rings (SSSR count). The Bertz CT molecular complexity index is 623. The van der Waals surface area contributed by atoms with E-state index in [-0.39, 0.29) is 12.5 Å². The molecule has 19 heavy (non-hydrogen) atoms. The highest BCUT2D eigenvalue weighted by atomic mass is 16.3. The Morgan fingerprint density at radius 1 is 1.42 bits per heavy atom. The third-order valence-corrected chi connectivity index (χ3v) is 3.88. The number of aromatic nitrogens is 1. The summed E-state index contributed by atoms with van der Waals surface area (Å²) in [4.78, 5) is 15.3. The van der Waals surface area contributed by atoms with Gasteiger partial charge in [0.15, 0.2) is 0 Å². The smallest absolute Gasteiger partial charge is 0.268 e. The summed E-state index contributed by atoms with van der Waals surface area (Å²) in [5.74, 6) is -0.177. The molecule has 0 radical (unpaired) electrons. The van der Waals surface area contributed by atoms with E-state index in [1.54, 1.807) is 12.1 Å². The molecular formula is C14H17N3O2. The van der Waals surface area contributed by atoms with E-state index in [1.165, 1.54) is 0 Å². The first-order valence-electron chi connectivity index (χ1n) is 6.44. The minimum Gasteiger partial charge on any atom is -0.399 e. The minimum atomic E-state index is -0.423. The van der Waals surface area contributed by atoms with Crippen molar-refractivity contribution in [1.29, 1.82) is 0 Å². The van der Waals surface area contributed by atoms with Crippen LogP contribution in [0, 0.1) is 0 Å². The van der Waals surface area contributed by atoms with Gasteiger partial charge in [0.25, 0.3) is 5.91 Å². The second-order valence-corrected chi connectivity index (χ2v) is 5.28. The fraction of sp³-hybridized carbons (Fsp3) is 0.357. The second kappa shape index (κ2) is 4.28. The first-order chi connectivity index (χ1) is 9.12. The van der Waals surface area contributed by atoms with E-state index in [9.17, 15) is 9.90 Å². The third kappa shape index (κ3) is 2.06. The maximum atomic E-state index is 12.2. The van der Waals surface area contributed by atoms with Crippen LogP contribution in [0.3, 0.4) is 0 Å². The number of anilines is 1. The molecule has 1 aromatic heterocycles. The molecule has 2 aromatic rings. The van der Waals surface area contributed by atoms with Crippen LogP contribution in [-0.2, 0) is 0 Å². The van der Waals surface area contributed by atoms with Crippen molar-refractivity contribution in [1.82, 2.24) is 10.3 Å². The van der Waals surface area contributed by atoms with Crippen LogP contribution >= 0.6 is 0 Å². The summed E-state index contributed by atoms with van der Waals surface area (Å²) >= 11 is 0. The van der Waals surface area contributed by atoms with Crippen LogP contribution in [0.2, 0.25) is 0 Å². The number of fused-ring (bicyclic) bond motifs is 1. The van der Waals surface area contributed by atoms with Gasteiger partial charge in [-0.3, -0.25) is 4.79 Å². The number of aliphatic hydroxyl groups excluding tert-OH is 1. The van der Waals surface area contributed by atoms with Gasteiger partial charge in [-0.1, -0.05) is 0 Å². The van der Waals surface area contributed by atoms with E-state index in [4.69, 9.17) is 5.73 Å². The maximum Gasteiger partial charge on any atom is 0.268 e. The Morgan fingerprint density at radius 2 is 2.21 bits per heavy atom. The summed E-state index contributed by atoms with van der Waals surface area (Å²) in [6.07, 6.45) is 2.72. The average molecular weight is 259 g/mol. The summed E-state index contributed by atoms with van der Waals surface area (Å²) in [6.45, 7) is -0.00802. The van der Waals surface area contributed by atoms with Crippen LogP contribution < -0.4 is 11.1 Å². The zero-order valence-electron chi connectivity index (χ0n) is 10.6. The van der Waals surface area contributed by atoms with E-state index in [1.807, 2.05) is 12.1 Å². The van der Waals surface area contributed by atoms with E-state index in [0.717, 1.165) is 30.2 Å². The Morgan fingerprint density at radius 3 is 2.84 bits per heavy atom. The Hall–Kier alpha value is -2.01. The largest absolute Gasteiger partial charge is 0.399 e. The van der Waals surface area contributed by atoms with Crippen molar-refractivity contribution in [2.45, 2.75) is 24.8 Å². The van der Waals surface area contributed by atoms with Gasteiger partial charge in [-0.25, -0.2) is 0 Å². The lowest BCUT2D eigenvalue weighted by atomic mass is 9.77. The molecular weight excluding hydrogens is 242 g/mol. The predicted molar refractivity (Wildman–Crippen MR) is 73.8 cm³/mol. The number of aromatic amines is 1. The monoisotopic (exact) mass is 259 g/mol. The van der Waals surface area contributed by atoms with E-state index < -0.39 is 5.54 Å². The molecule has 0 unspecified atom stereocenters. The molecule has 1 fully saturated rings. The first kappa shape index (κ1) is 12.0. The van der Waals surface area contributed by atoms with Crippen molar-refractivity contribution in [3.63, 3.8) is 0 Å². The lowest BCUT2D eigenvalue weighted by Gasteiger charge is -2.40. The van der Waals surface area contributed by atoms with Crippen LogP contribution in [0.1, 0.15) is 29.8 Å². The van der Waals surface area contributed by atoms with Gasteiger partial charge < -0.3 is 21.1 Å². The van der Waals surface area contributed by atoms with Crippen molar-refractivity contribution >= 4 is 22.5 Å².